The lowest BCUT2D eigenvalue weighted by Gasteiger charge is -2.33. The first kappa shape index (κ1) is 30.7. The van der Waals surface area contributed by atoms with E-state index in [1.807, 2.05) is 0 Å². The summed E-state index contributed by atoms with van der Waals surface area (Å²) in [5.74, 6) is -1.27. The first-order valence-electron chi connectivity index (χ1n) is 11.2. The first-order chi connectivity index (χ1) is 17.1. The standard InChI is InChI=1S/C24H28Cl2F3N3O4S/c1-5-21(23(34)30-15(2)3)31(13-16-8-6-7-9-19(16)25)22(33)14-32(37(4,35)36)17-10-11-20(26)18(12-17)24(27,28)29/h6-12,15,21H,5,13-14H2,1-4H3,(H,30,34)/t21-/m1/s1. The zero-order valence-corrected chi connectivity index (χ0v) is 23.0. The molecule has 2 amide bonds. The van der Waals surface area contributed by atoms with Crippen molar-refractivity contribution >= 4 is 50.7 Å². The molecule has 2 aromatic carbocycles. The first-order valence-corrected chi connectivity index (χ1v) is 13.8. The number of nitrogens with zero attached hydrogens (tertiary/aromatic N) is 2. The third-order valence-electron chi connectivity index (χ3n) is 5.34. The van der Waals surface area contributed by atoms with Crippen LogP contribution in [0.5, 0.6) is 0 Å². The van der Waals surface area contributed by atoms with Crippen LogP contribution < -0.4 is 9.62 Å². The van der Waals surface area contributed by atoms with Gasteiger partial charge in [-0.2, -0.15) is 13.2 Å². The maximum Gasteiger partial charge on any atom is 0.417 e. The molecule has 0 aliphatic heterocycles. The Morgan fingerprint density at radius 2 is 1.68 bits per heavy atom. The quantitative estimate of drug-likeness (QED) is 0.422. The van der Waals surface area contributed by atoms with Gasteiger partial charge in [-0.25, -0.2) is 8.42 Å². The molecule has 0 aliphatic carbocycles. The summed E-state index contributed by atoms with van der Waals surface area (Å²) in [6, 6.07) is 7.95. The monoisotopic (exact) mass is 581 g/mol. The highest BCUT2D eigenvalue weighted by molar-refractivity contribution is 7.92. The average molecular weight is 582 g/mol. The zero-order valence-electron chi connectivity index (χ0n) is 20.6. The van der Waals surface area contributed by atoms with Crippen LogP contribution in [0.1, 0.15) is 38.3 Å². The molecule has 1 N–H and O–H groups in total. The molecule has 0 unspecified atom stereocenters. The van der Waals surface area contributed by atoms with Crippen LogP contribution in [0, 0.1) is 0 Å². The number of anilines is 1. The highest BCUT2D eigenvalue weighted by Crippen LogP contribution is 2.37. The number of nitrogens with one attached hydrogen (secondary N) is 1. The van der Waals surface area contributed by atoms with Gasteiger partial charge in [0.1, 0.15) is 12.6 Å². The van der Waals surface area contributed by atoms with Crippen molar-refractivity contribution < 1.29 is 31.2 Å². The van der Waals surface area contributed by atoms with Gasteiger partial charge in [0.15, 0.2) is 0 Å². The molecule has 2 aromatic rings. The third-order valence-corrected chi connectivity index (χ3v) is 7.18. The van der Waals surface area contributed by atoms with Gasteiger partial charge in [-0.3, -0.25) is 13.9 Å². The van der Waals surface area contributed by atoms with E-state index in [-0.39, 0.29) is 19.0 Å². The van der Waals surface area contributed by atoms with Crippen molar-refractivity contribution in [2.75, 3.05) is 17.1 Å². The van der Waals surface area contributed by atoms with E-state index in [1.165, 1.54) is 4.90 Å². The Kier molecular flexibility index (Phi) is 10.3. The van der Waals surface area contributed by atoms with Crippen molar-refractivity contribution in [3.63, 3.8) is 0 Å². The topological polar surface area (TPSA) is 86.8 Å². The molecule has 2 rings (SSSR count). The lowest BCUT2D eigenvalue weighted by molar-refractivity contribution is -0.140. The second kappa shape index (κ2) is 12.4. The third kappa shape index (κ3) is 8.24. The SMILES string of the molecule is CC[C@H](C(=O)NC(C)C)N(Cc1ccccc1Cl)C(=O)CN(c1ccc(Cl)c(C(F)(F)F)c1)S(C)(=O)=O. The van der Waals surface area contributed by atoms with E-state index in [0.29, 0.717) is 21.0 Å². The van der Waals surface area contributed by atoms with Crippen LogP contribution in [0.3, 0.4) is 0 Å². The van der Waals surface area contributed by atoms with Crippen LogP contribution in [-0.2, 0) is 32.3 Å². The molecule has 13 heteroatoms. The summed E-state index contributed by atoms with van der Waals surface area (Å²) in [4.78, 5) is 27.7. The van der Waals surface area contributed by atoms with Gasteiger partial charge in [-0.15, -0.1) is 0 Å². The van der Waals surface area contributed by atoms with E-state index in [2.05, 4.69) is 5.32 Å². The zero-order chi connectivity index (χ0) is 28.1. The van der Waals surface area contributed by atoms with Crippen molar-refractivity contribution in [2.24, 2.45) is 0 Å². The van der Waals surface area contributed by atoms with Crippen molar-refractivity contribution in [2.45, 2.75) is 52.0 Å². The van der Waals surface area contributed by atoms with Crippen LogP contribution in [0.4, 0.5) is 18.9 Å². The van der Waals surface area contributed by atoms with Crippen molar-refractivity contribution in [3.05, 3.63) is 63.6 Å². The number of carbonyl (C=O) groups is 2. The van der Waals surface area contributed by atoms with E-state index in [1.54, 1.807) is 45.0 Å². The molecule has 1 atom stereocenters. The van der Waals surface area contributed by atoms with E-state index in [4.69, 9.17) is 23.2 Å². The number of sulfonamides is 1. The summed E-state index contributed by atoms with van der Waals surface area (Å²) in [6.45, 7) is 4.19. The molecule has 0 heterocycles. The number of rotatable bonds is 10. The van der Waals surface area contributed by atoms with Crippen LogP contribution in [0.2, 0.25) is 10.0 Å². The van der Waals surface area contributed by atoms with Crippen LogP contribution in [-0.4, -0.2) is 50.0 Å². The maximum absolute atomic E-state index is 13.6. The summed E-state index contributed by atoms with van der Waals surface area (Å²) in [7, 11) is -4.23. The molecule has 0 radical (unpaired) electrons. The lowest BCUT2D eigenvalue weighted by atomic mass is 10.1. The summed E-state index contributed by atoms with van der Waals surface area (Å²) in [5, 5.41) is 2.45. The minimum absolute atomic E-state index is 0.130. The highest BCUT2D eigenvalue weighted by atomic mass is 35.5. The van der Waals surface area contributed by atoms with Crippen molar-refractivity contribution in [1.82, 2.24) is 10.2 Å². The Balaban J connectivity index is 2.54. The minimum Gasteiger partial charge on any atom is -0.352 e. The van der Waals surface area contributed by atoms with Crippen molar-refractivity contribution in [1.29, 1.82) is 0 Å². The number of hydrogen-bond acceptors (Lipinski definition) is 4. The maximum atomic E-state index is 13.6. The van der Waals surface area contributed by atoms with E-state index in [0.717, 1.165) is 18.4 Å². The molecule has 0 bridgehead atoms. The second-order valence-corrected chi connectivity index (χ2v) is 11.4. The van der Waals surface area contributed by atoms with Gasteiger partial charge in [0.2, 0.25) is 21.8 Å². The Bertz CT molecular complexity index is 1240. The fourth-order valence-electron chi connectivity index (χ4n) is 3.61. The fraction of sp³-hybridized carbons (Fsp3) is 0.417. The number of benzene rings is 2. The Morgan fingerprint density at radius 3 is 2.19 bits per heavy atom. The molecule has 0 aromatic heterocycles. The molecule has 0 saturated carbocycles. The second-order valence-electron chi connectivity index (χ2n) is 8.63. The normalized spacial score (nSPS) is 12.8. The van der Waals surface area contributed by atoms with Gasteiger partial charge in [0.25, 0.3) is 0 Å². The summed E-state index contributed by atoms with van der Waals surface area (Å²) in [6.07, 6.45) is -3.89. The van der Waals surface area contributed by atoms with E-state index >= 15 is 0 Å². The molecule has 0 saturated heterocycles. The van der Waals surface area contributed by atoms with Crippen LogP contribution >= 0.6 is 23.2 Å². The number of hydrogen-bond donors (Lipinski definition) is 1. The molecule has 0 spiro atoms. The Labute approximate surface area is 224 Å². The molecular weight excluding hydrogens is 554 g/mol. The lowest BCUT2D eigenvalue weighted by Crippen LogP contribution is -2.53. The van der Waals surface area contributed by atoms with Crippen LogP contribution in [0.25, 0.3) is 0 Å². The van der Waals surface area contributed by atoms with Gasteiger partial charge < -0.3 is 10.2 Å². The van der Waals surface area contributed by atoms with Gasteiger partial charge in [-0.05, 0) is 50.1 Å². The molecule has 7 nitrogen and oxygen atoms in total. The molecular formula is C24H28Cl2F3N3O4S. The van der Waals surface area contributed by atoms with E-state index in [9.17, 15) is 31.2 Å². The Morgan fingerprint density at radius 1 is 1.05 bits per heavy atom. The van der Waals surface area contributed by atoms with Gasteiger partial charge >= 0.3 is 6.18 Å². The molecule has 204 valence electrons. The molecule has 0 aliphatic rings. The fourth-order valence-corrected chi connectivity index (χ4v) is 4.87. The largest absolute Gasteiger partial charge is 0.417 e. The van der Waals surface area contributed by atoms with Gasteiger partial charge in [0.05, 0.1) is 22.5 Å². The summed E-state index contributed by atoms with van der Waals surface area (Å²) >= 11 is 11.9. The summed E-state index contributed by atoms with van der Waals surface area (Å²) < 4.78 is 66.0. The van der Waals surface area contributed by atoms with Gasteiger partial charge in [-0.1, -0.05) is 48.3 Å². The number of halogens is 5. The predicted octanol–water partition coefficient (Wildman–Crippen LogP) is 5.11. The average Bonchev–Trinajstić information content (AvgIpc) is 2.77. The summed E-state index contributed by atoms with van der Waals surface area (Å²) in [5.41, 5.74) is -1.14. The van der Waals surface area contributed by atoms with Gasteiger partial charge in [0, 0.05) is 17.6 Å². The smallest absolute Gasteiger partial charge is 0.352 e. The predicted molar refractivity (Wildman–Crippen MR) is 138 cm³/mol. The molecule has 0 fully saturated rings. The number of amides is 2. The Hall–Kier alpha value is -2.50. The molecule has 37 heavy (non-hydrogen) atoms. The minimum atomic E-state index is -4.85. The highest BCUT2D eigenvalue weighted by Gasteiger charge is 2.36. The van der Waals surface area contributed by atoms with Crippen molar-refractivity contribution in [3.8, 4) is 0 Å². The van der Waals surface area contributed by atoms with E-state index < -0.39 is 56.9 Å². The number of alkyl halides is 3. The number of carbonyl (C=O) groups excluding carboxylic acids is 2. The van der Waals surface area contributed by atoms with Crippen LogP contribution in [0.15, 0.2) is 42.5 Å².